The van der Waals surface area contributed by atoms with Gasteiger partial charge in [-0.3, -0.25) is 9.59 Å². The van der Waals surface area contributed by atoms with Gasteiger partial charge >= 0.3 is 0 Å². The summed E-state index contributed by atoms with van der Waals surface area (Å²) in [4.78, 5) is 30.0. The molecule has 0 radical (unpaired) electrons. The maximum absolute atomic E-state index is 13.7. The number of anilines is 2. The Bertz CT molecular complexity index is 1580. The molecule has 3 aromatic rings. The van der Waals surface area contributed by atoms with Gasteiger partial charge in [-0.2, -0.15) is 0 Å². The van der Waals surface area contributed by atoms with Crippen LogP contribution in [0.1, 0.15) is 65.7 Å². The maximum Gasteiger partial charge on any atom is 0.258 e. The zero-order valence-electron chi connectivity index (χ0n) is 25.6. The lowest BCUT2D eigenvalue weighted by atomic mass is 9.94. The van der Waals surface area contributed by atoms with Crippen LogP contribution in [0.15, 0.2) is 35.2 Å². The van der Waals surface area contributed by atoms with Crippen molar-refractivity contribution in [3.05, 3.63) is 58.1 Å². The summed E-state index contributed by atoms with van der Waals surface area (Å²) in [7, 11) is 1.67. The number of ether oxygens (including phenoxy) is 2. The Morgan fingerprint density at radius 2 is 1.95 bits per heavy atom. The first-order chi connectivity index (χ1) is 20.1. The van der Waals surface area contributed by atoms with E-state index in [1.54, 1.807) is 19.1 Å². The maximum atomic E-state index is 13.7. The molecule has 1 unspecified atom stereocenters. The number of carbonyl (C=O) groups excluding carboxylic acids is 2. The summed E-state index contributed by atoms with van der Waals surface area (Å²) in [6.45, 7) is 13.7. The van der Waals surface area contributed by atoms with Crippen molar-refractivity contribution in [1.29, 1.82) is 0 Å². The van der Waals surface area contributed by atoms with E-state index in [4.69, 9.17) is 9.47 Å². The van der Waals surface area contributed by atoms with E-state index < -0.39 is 0 Å². The molecule has 3 aliphatic rings. The molecule has 1 fully saturated rings. The normalized spacial score (nSPS) is 19.3. The lowest BCUT2D eigenvalue weighted by molar-refractivity contribution is -0.120. The molecule has 222 valence electrons. The van der Waals surface area contributed by atoms with Crippen LogP contribution in [0.4, 0.5) is 11.4 Å². The fourth-order valence-corrected chi connectivity index (χ4v) is 8.01. The quantitative estimate of drug-likeness (QED) is 0.230. The van der Waals surface area contributed by atoms with Gasteiger partial charge in [0.15, 0.2) is 0 Å². The van der Waals surface area contributed by atoms with Crippen LogP contribution >= 0.6 is 11.9 Å². The Morgan fingerprint density at radius 3 is 2.74 bits per heavy atom. The monoisotopic (exact) mass is 587 g/mol. The zero-order chi connectivity index (χ0) is 29.8. The van der Waals surface area contributed by atoms with Gasteiger partial charge in [-0.1, -0.05) is 12.1 Å². The lowest BCUT2D eigenvalue weighted by Gasteiger charge is -2.32. The first-order valence-corrected chi connectivity index (χ1v) is 15.8. The van der Waals surface area contributed by atoms with Gasteiger partial charge in [0.2, 0.25) is 5.91 Å². The van der Waals surface area contributed by atoms with Crippen LogP contribution in [0.3, 0.4) is 0 Å². The highest BCUT2D eigenvalue weighted by Crippen LogP contribution is 2.46. The van der Waals surface area contributed by atoms with Crippen molar-refractivity contribution in [2.45, 2.75) is 70.8 Å². The molecule has 2 amide bonds. The van der Waals surface area contributed by atoms with Crippen molar-refractivity contribution in [3.63, 3.8) is 0 Å². The number of hydrogen-bond acceptors (Lipinski definition) is 6. The first kappa shape index (κ1) is 29.0. The second-order valence-electron chi connectivity index (χ2n) is 12.5. The number of methoxy groups -OCH3 is 1. The second-order valence-corrected chi connectivity index (χ2v) is 13.6. The van der Waals surface area contributed by atoms with Crippen LogP contribution in [0.2, 0.25) is 0 Å². The summed E-state index contributed by atoms with van der Waals surface area (Å²) in [5.74, 6) is 0.994. The fourth-order valence-electron chi connectivity index (χ4n) is 6.73. The third-order valence-electron chi connectivity index (χ3n) is 9.04. The number of amides is 2. The van der Waals surface area contributed by atoms with Crippen molar-refractivity contribution in [2.24, 2.45) is 5.92 Å². The highest BCUT2D eigenvalue weighted by atomic mass is 32.2. The highest BCUT2D eigenvalue weighted by molar-refractivity contribution is 7.97. The Labute approximate surface area is 253 Å². The molecule has 0 spiro atoms. The number of nitrogens with zero attached hydrogens (tertiary/aromatic N) is 2. The van der Waals surface area contributed by atoms with Gasteiger partial charge in [0.1, 0.15) is 11.4 Å². The van der Waals surface area contributed by atoms with E-state index >= 15 is 0 Å². The highest BCUT2D eigenvalue weighted by Gasteiger charge is 2.36. The van der Waals surface area contributed by atoms with Crippen LogP contribution in [0, 0.1) is 26.7 Å². The third-order valence-corrected chi connectivity index (χ3v) is 10.4. The minimum Gasteiger partial charge on any atom is -0.487 e. The lowest BCUT2D eigenvalue weighted by Crippen LogP contribution is -2.37. The SMILES string of the molecule is COCCCN1C(=O)c2cccc3c(NC(=O)C4CCCN(Sc5c(C)c(C)c6c(c5C)CC(C)(C)O6)C4)ccc1c23. The molecular formula is C34H41N3O4S. The van der Waals surface area contributed by atoms with E-state index in [9.17, 15) is 9.59 Å². The van der Waals surface area contributed by atoms with Crippen LogP contribution in [-0.2, 0) is 16.0 Å². The van der Waals surface area contributed by atoms with Crippen molar-refractivity contribution in [1.82, 2.24) is 4.31 Å². The predicted molar refractivity (Wildman–Crippen MR) is 170 cm³/mol. The average molecular weight is 588 g/mol. The molecule has 0 saturated carbocycles. The predicted octanol–water partition coefficient (Wildman–Crippen LogP) is 6.83. The van der Waals surface area contributed by atoms with Gasteiger partial charge in [0.05, 0.1) is 11.6 Å². The molecule has 0 bridgehead atoms. The molecule has 8 heteroatoms. The molecule has 1 atom stereocenters. The Balaban J connectivity index is 1.19. The minimum atomic E-state index is -0.180. The summed E-state index contributed by atoms with van der Waals surface area (Å²) in [5, 5.41) is 5.07. The number of fused-ring (bicyclic) bond motifs is 1. The van der Waals surface area contributed by atoms with Gasteiger partial charge in [0.25, 0.3) is 5.91 Å². The van der Waals surface area contributed by atoms with Crippen molar-refractivity contribution in [2.75, 3.05) is 43.6 Å². The molecule has 1 saturated heterocycles. The molecule has 1 N–H and O–H groups in total. The van der Waals surface area contributed by atoms with Crippen LogP contribution in [0.5, 0.6) is 5.75 Å². The standard InChI is InChI=1S/C34H41N3O4S/c1-20-21(2)31(22(3)26-18-34(4,5)41-30(20)26)42-36-15-8-10-23(19-36)32(38)35-27-13-14-28-29-24(27)11-7-12-25(29)33(39)37(28)16-9-17-40-6/h7,11-14,23H,8-10,15-19H2,1-6H3,(H,35,38). The number of rotatable bonds is 8. The summed E-state index contributed by atoms with van der Waals surface area (Å²) < 4.78 is 13.9. The first-order valence-electron chi connectivity index (χ1n) is 15.0. The number of piperidine rings is 1. The topological polar surface area (TPSA) is 71.1 Å². The molecule has 0 aromatic heterocycles. The molecule has 3 aromatic carbocycles. The number of carbonyl (C=O) groups is 2. The second kappa shape index (κ2) is 11.2. The van der Waals surface area contributed by atoms with E-state index in [2.05, 4.69) is 44.2 Å². The molecule has 42 heavy (non-hydrogen) atoms. The molecule has 3 aliphatic heterocycles. The van der Waals surface area contributed by atoms with Crippen molar-refractivity contribution < 1.29 is 19.1 Å². The van der Waals surface area contributed by atoms with Crippen molar-refractivity contribution in [3.8, 4) is 5.75 Å². The molecule has 0 aliphatic carbocycles. The van der Waals surface area contributed by atoms with Crippen LogP contribution in [-0.4, -0.2) is 55.1 Å². The van der Waals surface area contributed by atoms with Crippen LogP contribution < -0.4 is 15.0 Å². The smallest absolute Gasteiger partial charge is 0.258 e. The van der Waals surface area contributed by atoms with Gasteiger partial charge in [0, 0.05) is 72.3 Å². The number of nitrogens with one attached hydrogen (secondary N) is 1. The van der Waals surface area contributed by atoms with Gasteiger partial charge in [-0.25, -0.2) is 4.31 Å². The molecule has 3 heterocycles. The summed E-state index contributed by atoms with van der Waals surface area (Å²) in [5.41, 5.74) is 7.29. The van der Waals surface area contributed by atoms with E-state index in [0.29, 0.717) is 25.3 Å². The number of benzene rings is 3. The van der Waals surface area contributed by atoms with E-state index in [-0.39, 0.29) is 23.3 Å². The van der Waals surface area contributed by atoms with E-state index in [1.165, 1.54) is 27.1 Å². The van der Waals surface area contributed by atoms with Gasteiger partial charge < -0.3 is 19.7 Å². The average Bonchev–Trinajstić information content (AvgIpc) is 3.45. The van der Waals surface area contributed by atoms with E-state index in [0.717, 1.165) is 60.1 Å². The Kier molecular flexibility index (Phi) is 7.75. The van der Waals surface area contributed by atoms with Crippen LogP contribution in [0.25, 0.3) is 10.8 Å². The zero-order valence-corrected chi connectivity index (χ0v) is 26.4. The van der Waals surface area contributed by atoms with Gasteiger partial charge in [-0.15, -0.1) is 0 Å². The number of hydrogen-bond donors (Lipinski definition) is 1. The molecule has 7 nitrogen and oxygen atoms in total. The minimum absolute atomic E-state index is 0.0117. The summed E-state index contributed by atoms with van der Waals surface area (Å²) >= 11 is 1.79. The summed E-state index contributed by atoms with van der Waals surface area (Å²) in [6, 6.07) is 9.70. The molecule has 6 rings (SSSR count). The fraction of sp³-hybridized carbons (Fsp3) is 0.471. The molecular weight excluding hydrogens is 546 g/mol. The summed E-state index contributed by atoms with van der Waals surface area (Å²) in [6.07, 6.45) is 3.51. The Hall–Kier alpha value is -3.07. The third kappa shape index (κ3) is 5.07. The van der Waals surface area contributed by atoms with E-state index in [1.807, 2.05) is 35.2 Å². The van der Waals surface area contributed by atoms with Gasteiger partial charge in [-0.05, 0) is 101 Å². The largest absolute Gasteiger partial charge is 0.487 e. The van der Waals surface area contributed by atoms with Crippen molar-refractivity contribution >= 4 is 45.9 Å². The Morgan fingerprint density at radius 1 is 1.14 bits per heavy atom.